The van der Waals surface area contributed by atoms with Crippen molar-refractivity contribution in [1.29, 1.82) is 0 Å². The highest BCUT2D eigenvalue weighted by atomic mass is 16.6. The minimum Gasteiger partial charge on any atom is -0.504 e. The van der Waals surface area contributed by atoms with Crippen molar-refractivity contribution in [3.05, 3.63) is 23.8 Å². The third-order valence-electron chi connectivity index (χ3n) is 6.51. The van der Waals surface area contributed by atoms with Gasteiger partial charge in [-0.15, -0.1) is 0 Å². The van der Waals surface area contributed by atoms with Gasteiger partial charge >= 0.3 is 12.1 Å². The Morgan fingerprint density at radius 2 is 1.12 bits per heavy atom. The highest BCUT2D eigenvalue weighted by Crippen LogP contribution is 2.25. The average Bonchev–Trinajstić information content (AvgIpc) is 3.00. The van der Waals surface area contributed by atoms with Crippen molar-refractivity contribution < 1.29 is 48.2 Å². The number of alkyl carbamates (subject to hydrolysis) is 1. The average molecular weight is 615 g/mol. The van der Waals surface area contributed by atoms with Crippen molar-refractivity contribution in [3.63, 3.8) is 0 Å². The molecule has 0 radical (unpaired) electrons. The molecule has 1 atom stereocenters. The largest absolute Gasteiger partial charge is 0.504 e. The highest BCUT2D eigenvalue weighted by Gasteiger charge is 2.16. The molecular formula is C31H54N2O10. The van der Waals surface area contributed by atoms with Gasteiger partial charge in [0.1, 0.15) is 12.6 Å². The van der Waals surface area contributed by atoms with E-state index in [1.54, 1.807) is 13.1 Å². The van der Waals surface area contributed by atoms with Crippen LogP contribution in [0.15, 0.2) is 18.2 Å². The molecule has 0 saturated carbocycles. The fourth-order valence-corrected chi connectivity index (χ4v) is 4.06. The van der Waals surface area contributed by atoms with Crippen LogP contribution in [0.2, 0.25) is 0 Å². The first-order chi connectivity index (χ1) is 20.9. The molecule has 0 fully saturated rings. The SMILES string of the molecule is CNC(=O)OCCCCCCCCCCCCOCCOCCOCCOCCOC(=O)[C@H](N)Cc1ccc(O)c(O)c1. The third-order valence-corrected chi connectivity index (χ3v) is 6.51. The lowest BCUT2D eigenvalue weighted by atomic mass is 10.1. The monoisotopic (exact) mass is 614 g/mol. The van der Waals surface area contributed by atoms with Crippen LogP contribution in [-0.2, 0) is 39.6 Å². The zero-order valence-electron chi connectivity index (χ0n) is 25.9. The Hall–Kier alpha value is -2.64. The van der Waals surface area contributed by atoms with Crippen LogP contribution in [0, 0.1) is 0 Å². The molecule has 0 bridgehead atoms. The smallest absolute Gasteiger partial charge is 0.406 e. The number of esters is 1. The molecule has 1 amide bonds. The number of hydrogen-bond donors (Lipinski definition) is 4. The van der Waals surface area contributed by atoms with E-state index in [1.807, 2.05) is 0 Å². The fourth-order valence-electron chi connectivity index (χ4n) is 4.06. The molecular weight excluding hydrogens is 560 g/mol. The number of phenols is 2. The van der Waals surface area contributed by atoms with Gasteiger partial charge in [0.15, 0.2) is 11.5 Å². The van der Waals surface area contributed by atoms with Crippen LogP contribution < -0.4 is 11.1 Å². The Morgan fingerprint density at radius 3 is 1.63 bits per heavy atom. The number of aromatic hydroxyl groups is 2. The zero-order valence-corrected chi connectivity index (χ0v) is 25.9. The van der Waals surface area contributed by atoms with Gasteiger partial charge in [0, 0.05) is 13.7 Å². The van der Waals surface area contributed by atoms with Crippen molar-refractivity contribution in [2.24, 2.45) is 5.73 Å². The number of rotatable bonds is 28. The van der Waals surface area contributed by atoms with E-state index in [0.717, 1.165) is 25.9 Å². The maximum absolute atomic E-state index is 12.0. The van der Waals surface area contributed by atoms with Crippen LogP contribution >= 0.6 is 0 Å². The summed E-state index contributed by atoms with van der Waals surface area (Å²) in [4.78, 5) is 22.9. The molecule has 1 rings (SSSR count). The normalized spacial score (nSPS) is 11.8. The van der Waals surface area contributed by atoms with Crippen molar-refractivity contribution in [2.45, 2.75) is 76.7 Å². The van der Waals surface area contributed by atoms with Crippen molar-refractivity contribution in [3.8, 4) is 11.5 Å². The van der Waals surface area contributed by atoms with E-state index in [2.05, 4.69) is 5.32 Å². The summed E-state index contributed by atoms with van der Waals surface area (Å²) in [6, 6.07) is 3.40. The number of nitrogens with one attached hydrogen (secondary N) is 1. The number of carbonyl (C=O) groups excluding carboxylic acids is 2. The van der Waals surface area contributed by atoms with Gasteiger partial charge in [-0.25, -0.2) is 4.79 Å². The van der Waals surface area contributed by atoms with Gasteiger partial charge in [0.25, 0.3) is 0 Å². The van der Waals surface area contributed by atoms with Gasteiger partial charge in [-0.1, -0.05) is 57.4 Å². The predicted molar refractivity (Wildman–Crippen MR) is 162 cm³/mol. The lowest BCUT2D eigenvalue weighted by molar-refractivity contribution is -0.146. The lowest BCUT2D eigenvalue weighted by Crippen LogP contribution is -2.35. The van der Waals surface area contributed by atoms with E-state index in [-0.39, 0.29) is 37.2 Å². The van der Waals surface area contributed by atoms with Gasteiger partial charge in [-0.2, -0.15) is 0 Å². The Morgan fingerprint density at radius 1 is 0.651 bits per heavy atom. The Bertz CT molecular complexity index is 843. The Balaban J connectivity index is 1.75. The standard InChI is InChI=1S/C31H54N2O10/c1-33-31(37)43-15-11-9-7-5-3-2-4-6-8-10-14-38-16-17-39-18-19-40-20-21-41-22-23-42-30(36)27(32)24-26-12-13-28(34)29(35)25-26/h12-13,25,27,34-35H,2-11,14-24,32H2,1H3,(H,33,37)/t27-/m1/s1. The lowest BCUT2D eigenvalue weighted by Gasteiger charge is -2.12. The summed E-state index contributed by atoms with van der Waals surface area (Å²) in [5.41, 5.74) is 6.45. The maximum Gasteiger partial charge on any atom is 0.406 e. The molecule has 0 spiro atoms. The van der Waals surface area contributed by atoms with Gasteiger partial charge in [-0.05, 0) is 37.0 Å². The molecule has 0 saturated heterocycles. The zero-order chi connectivity index (χ0) is 31.4. The number of nitrogens with two attached hydrogens (primary N) is 1. The summed E-state index contributed by atoms with van der Waals surface area (Å²) >= 11 is 0. The third kappa shape index (κ3) is 22.5. The topological polar surface area (TPSA) is 168 Å². The number of unbranched alkanes of at least 4 members (excludes halogenated alkanes) is 9. The van der Waals surface area contributed by atoms with E-state index in [1.165, 1.54) is 57.1 Å². The molecule has 0 aliphatic heterocycles. The quantitative estimate of drug-likeness (QED) is 0.0615. The molecule has 0 heterocycles. The molecule has 1 aromatic carbocycles. The van der Waals surface area contributed by atoms with E-state index in [0.29, 0.717) is 51.8 Å². The van der Waals surface area contributed by atoms with Crippen molar-refractivity contribution in [1.82, 2.24) is 5.32 Å². The summed E-state index contributed by atoms with van der Waals surface area (Å²) in [6.07, 6.45) is 11.6. The Labute approximate surface area is 256 Å². The summed E-state index contributed by atoms with van der Waals surface area (Å²) in [5.74, 6) is -1.06. The summed E-state index contributed by atoms with van der Waals surface area (Å²) < 4.78 is 32.0. The van der Waals surface area contributed by atoms with Gasteiger partial charge in [0.2, 0.25) is 0 Å². The molecule has 0 aromatic heterocycles. The van der Waals surface area contributed by atoms with Crippen LogP contribution in [0.25, 0.3) is 0 Å². The minimum absolute atomic E-state index is 0.0807. The molecule has 5 N–H and O–H groups in total. The number of hydrogen-bond acceptors (Lipinski definition) is 11. The highest BCUT2D eigenvalue weighted by molar-refractivity contribution is 5.76. The van der Waals surface area contributed by atoms with Gasteiger partial charge in [-0.3, -0.25) is 4.79 Å². The van der Waals surface area contributed by atoms with Gasteiger partial charge < -0.3 is 49.7 Å². The number of ether oxygens (including phenoxy) is 6. The first kappa shape index (κ1) is 38.4. The second-order valence-electron chi connectivity index (χ2n) is 10.2. The van der Waals surface area contributed by atoms with E-state index < -0.39 is 12.0 Å². The molecule has 0 aliphatic rings. The number of carbonyl (C=O) groups is 2. The van der Waals surface area contributed by atoms with E-state index in [4.69, 9.17) is 34.2 Å². The summed E-state index contributed by atoms with van der Waals surface area (Å²) in [5, 5.41) is 21.3. The first-order valence-electron chi connectivity index (χ1n) is 15.5. The first-order valence-corrected chi connectivity index (χ1v) is 15.5. The molecule has 12 nitrogen and oxygen atoms in total. The molecule has 0 unspecified atom stereocenters. The maximum atomic E-state index is 12.0. The van der Waals surface area contributed by atoms with Crippen LogP contribution in [0.5, 0.6) is 11.5 Å². The second-order valence-corrected chi connectivity index (χ2v) is 10.2. The van der Waals surface area contributed by atoms with Crippen LogP contribution in [0.1, 0.15) is 69.8 Å². The van der Waals surface area contributed by atoms with Gasteiger partial charge in [0.05, 0.1) is 52.9 Å². The van der Waals surface area contributed by atoms with Crippen LogP contribution in [0.3, 0.4) is 0 Å². The van der Waals surface area contributed by atoms with Crippen molar-refractivity contribution in [2.75, 3.05) is 73.1 Å². The summed E-state index contributed by atoms with van der Waals surface area (Å²) in [6.45, 7) is 4.43. The molecule has 12 heteroatoms. The molecule has 1 aromatic rings. The van der Waals surface area contributed by atoms with Crippen LogP contribution in [-0.4, -0.2) is 101 Å². The molecule has 248 valence electrons. The fraction of sp³-hybridized carbons (Fsp3) is 0.742. The van der Waals surface area contributed by atoms with E-state index in [9.17, 15) is 19.8 Å². The number of phenolic OH excluding ortho intramolecular Hbond substituents is 2. The summed E-state index contributed by atoms with van der Waals surface area (Å²) in [7, 11) is 1.57. The minimum atomic E-state index is -0.879. The Kier molecular flexibility index (Phi) is 24.1. The number of amides is 1. The van der Waals surface area contributed by atoms with Crippen molar-refractivity contribution >= 4 is 12.1 Å². The molecule has 0 aliphatic carbocycles. The predicted octanol–water partition coefficient (Wildman–Crippen LogP) is 3.83. The second kappa shape index (κ2) is 26.9. The number of benzene rings is 1. The van der Waals surface area contributed by atoms with Crippen LogP contribution in [0.4, 0.5) is 4.79 Å². The molecule has 43 heavy (non-hydrogen) atoms. The van der Waals surface area contributed by atoms with E-state index >= 15 is 0 Å².